The zero-order valence-corrected chi connectivity index (χ0v) is 12.1. The third kappa shape index (κ3) is 3.46. The summed E-state index contributed by atoms with van der Waals surface area (Å²) in [5.41, 5.74) is 5.98. The van der Waals surface area contributed by atoms with Crippen LogP contribution in [0.2, 0.25) is 0 Å². The lowest BCUT2D eigenvalue weighted by atomic mass is 9.77. The third-order valence-electron chi connectivity index (χ3n) is 4.80. The van der Waals surface area contributed by atoms with Crippen LogP contribution in [0.25, 0.3) is 0 Å². The predicted octanol–water partition coefficient (Wildman–Crippen LogP) is 2.25. The molecule has 0 aromatic heterocycles. The van der Waals surface area contributed by atoms with Crippen LogP contribution in [0.3, 0.4) is 0 Å². The lowest BCUT2D eigenvalue weighted by Gasteiger charge is -2.45. The molecule has 0 amide bonds. The van der Waals surface area contributed by atoms with Gasteiger partial charge in [0.25, 0.3) is 0 Å². The minimum Gasteiger partial charge on any atom is -0.377 e. The van der Waals surface area contributed by atoms with Gasteiger partial charge in [-0.1, -0.05) is 13.3 Å². The molecule has 1 aliphatic heterocycles. The molecule has 2 rings (SSSR count). The Balaban J connectivity index is 1.94. The van der Waals surface area contributed by atoms with Crippen molar-refractivity contribution in [1.82, 2.24) is 4.90 Å². The second-order valence-electron chi connectivity index (χ2n) is 6.20. The minimum atomic E-state index is 0.458. The van der Waals surface area contributed by atoms with E-state index in [0.717, 1.165) is 25.6 Å². The smallest absolute Gasteiger partial charge is 0.0702 e. The van der Waals surface area contributed by atoms with Gasteiger partial charge >= 0.3 is 0 Å². The van der Waals surface area contributed by atoms with E-state index in [-0.39, 0.29) is 0 Å². The van der Waals surface area contributed by atoms with Crippen LogP contribution in [-0.2, 0) is 4.74 Å². The Labute approximate surface area is 112 Å². The van der Waals surface area contributed by atoms with E-state index in [9.17, 15) is 0 Å². The maximum Gasteiger partial charge on any atom is 0.0702 e. The van der Waals surface area contributed by atoms with Crippen molar-refractivity contribution in [3.05, 3.63) is 0 Å². The number of piperidine rings is 1. The molecular weight excluding hydrogens is 224 g/mol. The Kier molecular flexibility index (Phi) is 5.46. The molecule has 106 valence electrons. The average Bonchev–Trinajstić information content (AvgIpc) is 2.39. The van der Waals surface area contributed by atoms with Gasteiger partial charge in [0, 0.05) is 19.2 Å². The Morgan fingerprint density at radius 2 is 2.11 bits per heavy atom. The van der Waals surface area contributed by atoms with E-state index >= 15 is 0 Å². The first-order chi connectivity index (χ1) is 8.74. The summed E-state index contributed by atoms with van der Waals surface area (Å²) in [4.78, 5) is 2.68. The van der Waals surface area contributed by atoms with Crippen molar-refractivity contribution in [2.75, 3.05) is 26.2 Å². The van der Waals surface area contributed by atoms with Crippen LogP contribution in [0.4, 0.5) is 0 Å². The fourth-order valence-corrected chi connectivity index (χ4v) is 3.77. The van der Waals surface area contributed by atoms with Gasteiger partial charge in [0.2, 0.25) is 0 Å². The van der Waals surface area contributed by atoms with Crippen LogP contribution < -0.4 is 5.73 Å². The van der Waals surface area contributed by atoms with E-state index in [1.165, 1.54) is 38.6 Å². The molecule has 1 saturated carbocycles. The monoisotopic (exact) mass is 254 g/mol. The Hall–Kier alpha value is -0.120. The van der Waals surface area contributed by atoms with E-state index in [2.05, 4.69) is 18.7 Å². The minimum absolute atomic E-state index is 0.458. The lowest BCUT2D eigenvalue weighted by molar-refractivity contribution is -0.0264. The van der Waals surface area contributed by atoms with Crippen molar-refractivity contribution in [1.29, 1.82) is 0 Å². The second kappa shape index (κ2) is 6.88. The van der Waals surface area contributed by atoms with Crippen LogP contribution >= 0.6 is 0 Å². The standard InChI is InChI=1S/C15H30N2O/c1-3-18-14-5-4-8-17(11-14)15-9-12(2)6-7-13(15)10-16/h12-15H,3-11,16H2,1-2H3. The number of likely N-dealkylation sites (tertiary alicyclic amines) is 1. The Morgan fingerprint density at radius 3 is 2.83 bits per heavy atom. The van der Waals surface area contributed by atoms with Crippen molar-refractivity contribution in [3.8, 4) is 0 Å². The molecule has 1 heterocycles. The lowest BCUT2D eigenvalue weighted by Crippen LogP contribution is -2.51. The van der Waals surface area contributed by atoms with E-state index in [1.807, 2.05) is 0 Å². The van der Waals surface area contributed by atoms with Gasteiger partial charge in [-0.25, -0.2) is 0 Å². The highest BCUT2D eigenvalue weighted by atomic mass is 16.5. The molecule has 0 bridgehead atoms. The molecular formula is C15H30N2O. The highest BCUT2D eigenvalue weighted by Crippen LogP contribution is 2.33. The zero-order valence-electron chi connectivity index (χ0n) is 12.1. The predicted molar refractivity (Wildman–Crippen MR) is 75.6 cm³/mol. The molecule has 0 aromatic rings. The molecule has 4 atom stereocenters. The van der Waals surface area contributed by atoms with Crippen molar-refractivity contribution in [3.63, 3.8) is 0 Å². The van der Waals surface area contributed by atoms with Gasteiger partial charge in [-0.3, -0.25) is 4.90 Å². The maximum absolute atomic E-state index is 5.98. The van der Waals surface area contributed by atoms with Gasteiger partial charge in [-0.05, 0) is 57.5 Å². The van der Waals surface area contributed by atoms with Crippen molar-refractivity contribution < 1.29 is 4.74 Å². The molecule has 0 radical (unpaired) electrons. The van der Waals surface area contributed by atoms with E-state index in [1.54, 1.807) is 0 Å². The van der Waals surface area contributed by atoms with E-state index in [0.29, 0.717) is 18.1 Å². The quantitative estimate of drug-likeness (QED) is 0.836. The SMILES string of the molecule is CCOC1CCCN(C2CC(C)CCC2CN)C1. The van der Waals surface area contributed by atoms with Gasteiger partial charge in [0.1, 0.15) is 0 Å². The summed E-state index contributed by atoms with van der Waals surface area (Å²) in [5.74, 6) is 1.58. The van der Waals surface area contributed by atoms with Crippen LogP contribution in [0, 0.1) is 11.8 Å². The van der Waals surface area contributed by atoms with Gasteiger partial charge in [-0.2, -0.15) is 0 Å². The highest BCUT2D eigenvalue weighted by molar-refractivity contribution is 4.89. The van der Waals surface area contributed by atoms with Gasteiger partial charge in [-0.15, -0.1) is 0 Å². The summed E-state index contributed by atoms with van der Waals surface area (Å²) in [5, 5.41) is 0. The van der Waals surface area contributed by atoms with Gasteiger partial charge < -0.3 is 10.5 Å². The van der Waals surface area contributed by atoms with Gasteiger partial charge in [0.15, 0.2) is 0 Å². The summed E-state index contributed by atoms with van der Waals surface area (Å²) in [6, 6.07) is 0.710. The molecule has 3 nitrogen and oxygen atoms in total. The molecule has 0 aromatic carbocycles. The van der Waals surface area contributed by atoms with Crippen molar-refractivity contribution in [2.45, 2.75) is 58.1 Å². The molecule has 18 heavy (non-hydrogen) atoms. The number of hydrogen-bond donors (Lipinski definition) is 1. The first-order valence-corrected chi connectivity index (χ1v) is 7.80. The van der Waals surface area contributed by atoms with Crippen LogP contribution in [-0.4, -0.2) is 43.3 Å². The third-order valence-corrected chi connectivity index (χ3v) is 4.80. The summed E-state index contributed by atoms with van der Waals surface area (Å²) >= 11 is 0. The summed E-state index contributed by atoms with van der Waals surface area (Å²) in [6.45, 7) is 8.57. The molecule has 1 saturated heterocycles. The molecule has 2 N–H and O–H groups in total. The van der Waals surface area contributed by atoms with Crippen LogP contribution in [0.1, 0.15) is 46.0 Å². The molecule has 2 aliphatic rings. The van der Waals surface area contributed by atoms with Crippen molar-refractivity contribution >= 4 is 0 Å². The Bertz CT molecular complexity index is 245. The van der Waals surface area contributed by atoms with Crippen LogP contribution in [0.5, 0.6) is 0 Å². The summed E-state index contributed by atoms with van der Waals surface area (Å²) in [6.07, 6.45) is 6.99. The zero-order chi connectivity index (χ0) is 13.0. The van der Waals surface area contributed by atoms with Crippen molar-refractivity contribution in [2.24, 2.45) is 17.6 Å². The molecule has 4 unspecified atom stereocenters. The fraction of sp³-hybridized carbons (Fsp3) is 1.00. The first kappa shape index (κ1) is 14.3. The number of nitrogens with zero attached hydrogens (tertiary/aromatic N) is 1. The second-order valence-corrected chi connectivity index (χ2v) is 6.20. The maximum atomic E-state index is 5.98. The Morgan fingerprint density at radius 1 is 1.28 bits per heavy atom. The normalized spacial score (nSPS) is 38.8. The molecule has 3 heteroatoms. The highest BCUT2D eigenvalue weighted by Gasteiger charge is 2.34. The number of ether oxygens (including phenoxy) is 1. The van der Waals surface area contributed by atoms with Crippen LogP contribution in [0.15, 0.2) is 0 Å². The number of rotatable bonds is 4. The summed E-state index contributed by atoms with van der Waals surface area (Å²) in [7, 11) is 0. The number of hydrogen-bond acceptors (Lipinski definition) is 3. The van der Waals surface area contributed by atoms with E-state index in [4.69, 9.17) is 10.5 Å². The topological polar surface area (TPSA) is 38.5 Å². The molecule has 2 fully saturated rings. The number of nitrogens with two attached hydrogens (primary N) is 1. The van der Waals surface area contributed by atoms with Gasteiger partial charge in [0.05, 0.1) is 6.10 Å². The van der Waals surface area contributed by atoms with E-state index < -0.39 is 0 Å². The fourth-order valence-electron chi connectivity index (χ4n) is 3.77. The largest absolute Gasteiger partial charge is 0.377 e. The molecule has 0 spiro atoms. The molecule has 1 aliphatic carbocycles. The first-order valence-electron chi connectivity index (χ1n) is 7.80. The average molecular weight is 254 g/mol. The summed E-state index contributed by atoms with van der Waals surface area (Å²) < 4.78 is 5.83.